The number of carbonyl (C=O) groups excluding carboxylic acids is 3. The van der Waals surface area contributed by atoms with Gasteiger partial charge in [0.15, 0.2) is 12.3 Å². The van der Waals surface area contributed by atoms with Crippen molar-refractivity contribution in [3.8, 4) is 0 Å². The molecule has 1 aromatic rings. The summed E-state index contributed by atoms with van der Waals surface area (Å²) in [6.07, 6.45) is 6.32. The number of hydrogen-bond acceptors (Lipinski definition) is 6. The normalized spacial score (nSPS) is 28.0. The molecule has 3 aliphatic heterocycles. The van der Waals surface area contributed by atoms with Gasteiger partial charge < -0.3 is 14.2 Å². The SMILES string of the molecule is COC(=O)C1C=CCN2C(=O)C(CCOC3CCCCO3)(Cc3ccccc3)C(=O)N12. The summed E-state index contributed by atoms with van der Waals surface area (Å²) in [4.78, 5) is 39.6. The van der Waals surface area contributed by atoms with Gasteiger partial charge in [-0.2, -0.15) is 0 Å². The lowest BCUT2D eigenvalue weighted by Gasteiger charge is -2.33. The highest BCUT2D eigenvalue weighted by Crippen LogP contribution is 2.41. The second-order valence-electron chi connectivity index (χ2n) is 8.09. The van der Waals surface area contributed by atoms with Crippen LogP contribution in [0, 0.1) is 5.41 Å². The van der Waals surface area contributed by atoms with Gasteiger partial charge in [0.1, 0.15) is 5.41 Å². The summed E-state index contributed by atoms with van der Waals surface area (Å²) < 4.78 is 16.4. The van der Waals surface area contributed by atoms with Crippen molar-refractivity contribution in [2.75, 3.05) is 26.9 Å². The third kappa shape index (κ3) is 4.09. The quantitative estimate of drug-likeness (QED) is 0.374. The van der Waals surface area contributed by atoms with Crippen LogP contribution in [0.3, 0.4) is 0 Å². The Bertz CT molecular complexity index is 851. The van der Waals surface area contributed by atoms with E-state index in [1.807, 2.05) is 30.3 Å². The van der Waals surface area contributed by atoms with Crippen molar-refractivity contribution in [2.45, 2.75) is 44.4 Å². The van der Waals surface area contributed by atoms with Crippen LogP contribution in [0.15, 0.2) is 42.5 Å². The van der Waals surface area contributed by atoms with Gasteiger partial charge in [0.25, 0.3) is 11.8 Å². The summed E-state index contributed by atoms with van der Waals surface area (Å²) in [6.45, 7) is 1.11. The Morgan fingerprint density at radius 2 is 2.00 bits per heavy atom. The Balaban J connectivity index is 1.60. The van der Waals surface area contributed by atoms with Crippen LogP contribution in [0.25, 0.3) is 0 Å². The van der Waals surface area contributed by atoms with E-state index in [9.17, 15) is 14.4 Å². The molecule has 2 saturated heterocycles. The Kier molecular flexibility index (Phi) is 6.38. The van der Waals surface area contributed by atoms with Crippen LogP contribution >= 0.6 is 0 Å². The zero-order valence-electron chi connectivity index (χ0n) is 17.7. The first-order valence-corrected chi connectivity index (χ1v) is 10.7. The van der Waals surface area contributed by atoms with E-state index in [1.54, 1.807) is 12.2 Å². The molecule has 8 heteroatoms. The van der Waals surface area contributed by atoms with Crippen molar-refractivity contribution < 1.29 is 28.6 Å². The van der Waals surface area contributed by atoms with E-state index in [0.717, 1.165) is 24.8 Å². The monoisotopic (exact) mass is 428 g/mol. The minimum absolute atomic E-state index is 0.209. The van der Waals surface area contributed by atoms with Gasteiger partial charge in [-0.25, -0.2) is 14.8 Å². The van der Waals surface area contributed by atoms with Gasteiger partial charge in [-0.3, -0.25) is 9.59 Å². The maximum absolute atomic E-state index is 13.7. The molecule has 0 radical (unpaired) electrons. The molecule has 0 saturated carbocycles. The van der Waals surface area contributed by atoms with Gasteiger partial charge in [0.05, 0.1) is 20.3 Å². The molecule has 166 valence electrons. The predicted molar refractivity (Wildman–Crippen MR) is 110 cm³/mol. The maximum Gasteiger partial charge on any atom is 0.334 e. The molecule has 3 atom stereocenters. The van der Waals surface area contributed by atoms with Crippen molar-refractivity contribution >= 4 is 17.8 Å². The number of ether oxygens (including phenoxy) is 3. The second kappa shape index (κ2) is 9.20. The molecule has 2 fully saturated rings. The average molecular weight is 428 g/mol. The Hall–Kier alpha value is -2.71. The van der Waals surface area contributed by atoms with Gasteiger partial charge >= 0.3 is 5.97 Å². The van der Waals surface area contributed by atoms with Crippen molar-refractivity contribution in [1.29, 1.82) is 0 Å². The van der Waals surface area contributed by atoms with Crippen molar-refractivity contribution in [3.05, 3.63) is 48.0 Å². The third-order valence-corrected chi connectivity index (χ3v) is 6.14. The molecule has 3 heterocycles. The molecule has 31 heavy (non-hydrogen) atoms. The van der Waals surface area contributed by atoms with E-state index < -0.39 is 23.3 Å². The van der Waals surface area contributed by atoms with Crippen molar-refractivity contribution in [3.63, 3.8) is 0 Å². The van der Waals surface area contributed by atoms with E-state index >= 15 is 0 Å². The number of hydrogen-bond donors (Lipinski definition) is 0. The Morgan fingerprint density at radius 1 is 1.19 bits per heavy atom. The lowest BCUT2D eigenvalue weighted by Crippen LogP contribution is -2.52. The molecule has 0 aromatic heterocycles. The first kappa shape index (κ1) is 21.5. The molecule has 0 aliphatic carbocycles. The Labute approximate surface area is 181 Å². The molecule has 3 unspecified atom stereocenters. The molecule has 8 nitrogen and oxygen atoms in total. The first-order valence-electron chi connectivity index (χ1n) is 10.7. The fourth-order valence-corrected chi connectivity index (χ4v) is 4.49. The van der Waals surface area contributed by atoms with E-state index in [2.05, 4.69) is 0 Å². The molecule has 1 aromatic carbocycles. The van der Waals surface area contributed by atoms with Crippen LogP contribution in [0.2, 0.25) is 0 Å². The highest BCUT2D eigenvalue weighted by atomic mass is 16.7. The molecule has 0 N–H and O–H groups in total. The van der Waals surface area contributed by atoms with E-state index in [1.165, 1.54) is 17.1 Å². The predicted octanol–water partition coefficient (Wildman–Crippen LogP) is 1.85. The van der Waals surface area contributed by atoms with Crippen LogP contribution in [-0.2, 0) is 35.0 Å². The summed E-state index contributed by atoms with van der Waals surface area (Å²) in [5.41, 5.74) is -0.462. The molecule has 0 spiro atoms. The number of carbonyl (C=O) groups is 3. The highest BCUT2D eigenvalue weighted by Gasteiger charge is 2.60. The molecule has 4 rings (SSSR count). The Morgan fingerprint density at radius 3 is 2.71 bits per heavy atom. The standard InChI is InChI=1S/C23H28N2O6/c1-29-20(26)18-10-7-13-24-21(27)23(22(28)25(18)24,16-17-8-3-2-4-9-17)12-15-31-19-11-5-6-14-30-19/h2-4,7-10,18-19H,5-6,11-16H2,1H3. The minimum atomic E-state index is -1.34. The summed E-state index contributed by atoms with van der Waals surface area (Å²) in [6, 6.07) is 8.50. The smallest absolute Gasteiger partial charge is 0.334 e. The number of esters is 1. The topological polar surface area (TPSA) is 85.4 Å². The summed E-state index contributed by atoms with van der Waals surface area (Å²) in [7, 11) is 1.27. The fraction of sp³-hybridized carbons (Fsp3) is 0.522. The molecule has 0 bridgehead atoms. The van der Waals surface area contributed by atoms with E-state index in [4.69, 9.17) is 14.2 Å². The highest BCUT2D eigenvalue weighted by molar-refractivity contribution is 6.11. The van der Waals surface area contributed by atoms with Gasteiger partial charge in [0, 0.05) is 6.61 Å². The number of benzene rings is 1. The summed E-state index contributed by atoms with van der Waals surface area (Å²) in [5, 5.41) is 2.62. The van der Waals surface area contributed by atoms with Gasteiger partial charge in [-0.05, 0) is 37.7 Å². The molecule has 3 aliphatic rings. The van der Waals surface area contributed by atoms with Crippen LogP contribution in [0.4, 0.5) is 0 Å². The largest absolute Gasteiger partial charge is 0.467 e. The summed E-state index contributed by atoms with van der Waals surface area (Å²) >= 11 is 0. The van der Waals surface area contributed by atoms with E-state index in [0.29, 0.717) is 6.61 Å². The maximum atomic E-state index is 13.7. The van der Waals surface area contributed by atoms with Gasteiger partial charge in [0.2, 0.25) is 0 Å². The number of amides is 2. The van der Waals surface area contributed by atoms with Crippen LogP contribution in [0.5, 0.6) is 0 Å². The molecular formula is C23H28N2O6. The molecule has 2 amide bonds. The van der Waals surface area contributed by atoms with Crippen molar-refractivity contribution in [1.82, 2.24) is 10.0 Å². The number of nitrogens with zero attached hydrogens (tertiary/aromatic N) is 2. The van der Waals surface area contributed by atoms with Gasteiger partial charge in [-0.15, -0.1) is 0 Å². The first-order chi connectivity index (χ1) is 15.1. The second-order valence-corrected chi connectivity index (χ2v) is 8.09. The average Bonchev–Trinajstić information content (AvgIpc) is 3.02. The number of hydrazine groups is 1. The van der Waals surface area contributed by atoms with Crippen LogP contribution < -0.4 is 0 Å². The lowest BCUT2D eigenvalue weighted by atomic mass is 9.78. The number of rotatable bonds is 7. The van der Waals surface area contributed by atoms with Crippen molar-refractivity contribution in [2.24, 2.45) is 5.41 Å². The summed E-state index contributed by atoms with van der Waals surface area (Å²) in [5.74, 6) is -1.29. The van der Waals surface area contributed by atoms with Crippen LogP contribution in [0.1, 0.15) is 31.2 Å². The van der Waals surface area contributed by atoms with Gasteiger partial charge in [-0.1, -0.05) is 42.5 Å². The van der Waals surface area contributed by atoms with Crippen LogP contribution in [-0.4, -0.2) is 67.0 Å². The molecular weight excluding hydrogens is 400 g/mol. The number of methoxy groups -OCH3 is 1. The third-order valence-electron chi connectivity index (χ3n) is 6.14. The fourth-order valence-electron chi connectivity index (χ4n) is 4.49. The minimum Gasteiger partial charge on any atom is -0.467 e. The van der Waals surface area contributed by atoms with E-state index in [-0.39, 0.29) is 38.2 Å². The zero-order chi connectivity index (χ0) is 21.8. The number of fused-ring (bicyclic) bond motifs is 1. The lowest BCUT2D eigenvalue weighted by molar-refractivity contribution is -0.169. The zero-order valence-corrected chi connectivity index (χ0v) is 17.7.